The number of hydrogen-bond donors (Lipinski definition) is 1. The van der Waals surface area contributed by atoms with Crippen LogP contribution in [0.3, 0.4) is 0 Å². The van der Waals surface area contributed by atoms with E-state index in [2.05, 4.69) is 10.3 Å². The monoisotopic (exact) mass is 391 g/mol. The molecule has 2 rings (SSSR count). The third-order valence-electron chi connectivity index (χ3n) is 3.58. The van der Waals surface area contributed by atoms with Crippen LogP contribution in [0.4, 0.5) is 0 Å². The first-order chi connectivity index (χ1) is 11.3. The first kappa shape index (κ1) is 19.2. The summed E-state index contributed by atoms with van der Waals surface area (Å²) >= 11 is 2.85. The zero-order valence-electron chi connectivity index (χ0n) is 13.6. The third-order valence-corrected chi connectivity index (χ3v) is 7.48. The normalized spacial score (nSPS) is 19.2. The standard InChI is InChI=1S/C14H21N3O4S3/c1-3-17(13(19)8-23-14-15-10(2)7-22-14)6-12(18)16-11-4-5-24(20,21)9-11/h7,11H,3-6,8-9H2,1-2H3,(H,16,18)/t11-/m1/s1. The zero-order chi connectivity index (χ0) is 17.7. The molecule has 10 heteroatoms. The molecule has 1 aromatic heterocycles. The molecule has 1 aliphatic rings. The largest absolute Gasteiger partial charge is 0.351 e. The summed E-state index contributed by atoms with van der Waals surface area (Å²) in [7, 11) is -3.03. The number of aromatic nitrogens is 1. The van der Waals surface area contributed by atoms with Gasteiger partial charge in [-0.05, 0) is 20.3 Å². The molecule has 0 aliphatic carbocycles. The second kappa shape index (κ2) is 8.30. The molecule has 0 unspecified atom stereocenters. The molecule has 0 saturated carbocycles. The maximum atomic E-state index is 12.2. The van der Waals surface area contributed by atoms with Gasteiger partial charge in [0.2, 0.25) is 11.8 Å². The van der Waals surface area contributed by atoms with Crippen molar-refractivity contribution in [1.82, 2.24) is 15.2 Å². The fourth-order valence-electron chi connectivity index (χ4n) is 2.35. The number of thioether (sulfide) groups is 1. The van der Waals surface area contributed by atoms with E-state index in [9.17, 15) is 18.0 Å². The predicted octanol–water partition coefficient (Wildman–Crippen LogP) is 0.695. The van der Waals surface area contributed by atoms with Crippen LogP contribution >= 0.6 is 23.1 Å². The number of sulfone groups is 1. The van der Waals surface area contributed by atoms with Crippen LogP contribution in [0.1, 0.15) is 19.0 Å². The van der Waals surface area contributed by atoms with Crippen LogP contribution in [0.15, 0.2) is 9.72 Å². The molecule has 0 bridgehead atoms. The molecule has 2 heterocycles. The minimum atomic E-state index is -3.03. The first-order valence-corrected chi connectivity index (χ1v) is 11.3. The highest BCUT2D eigenvalue weighted by atomic mass is 32.2. The predicted molar refractivity (Wildman–Crippen MR) is 95.0 cm³/mol. The summed E-state index contributed by atoms with van der Waals surface area (Å²) in [6, 6.07) is -0.344. The number of nitrogens with one attached hydrogen (secondary N) is 1. The molecule has 0 aromatic carbocycles. The van der Waals surface area contributed by atoms with Crippen molar-refractivity contribution in [2.24, 2.45) is 0 Å². The molecule has 1 fully saturated rings. The van der Waals surface area contributed by atoms with Gasteiger partial charge in [0.1, 0.15) is 0 Å². The van der Waals surface area contributed by atoms with Crippen LogP contribution in [0.2, 0.25) is 0 Å². The van der Waals surface area contributed by atoms with E-state index >= 15 is 0 Å². The van der Waals surface area contributed by atoms with E-state index in [4.69, 9.17) is 0 Å². The number of rotatable bonds is 7. The van der Waals surface area contributed by atoms with Crippen LogP contribution in [-0.4, -0.2) is 66.5 Å². The smallest absolute Gasteiger partial charge is 0.239 e. The Morgan fingerprint density at radius 2 is 2.25 bits per heavy atom. The highest BCUT2D eigenvalue weighted by Crippen LogP contribution is 2.22. The fourth-order valence-corrected chi connectivity index (χ4v) is 5.77. The Hall–Kier alpha value is -1.13. The summed E-state index contributed by atoms with van der Waals surface area (Å²) in [5.74, 6) is -0.130. The second-order valence-corrected chi connectivity index (χ2v) is 9.93. The van der Waals surface area contributed by atoms with Gasteiger partial charge in [-0.15, -0.1) is 11.3 Å². The Bertz CT molecular complexity index is 702. The van der Waals surface area contributed by atoms with Crippen molar-refractivity contribution in [3.05, 3.63) is 11.1 Å². The topological polar surface area (TPSA) is 96.4 Å². The molecule has 134 valence electrons. The van der Waals surface area contributed by atoms with Crippen molar-refractivity contribution in [1.29, 1.82) is 0 Å². The number of amides is 2. The van der Waals surface area contributed by atoms with Gasteiger partial charge in [0, 0.05) is 23.7 Å². The molecule has 24 heavy (non-hydrogen) atoms. The van der Waals surface area contributed by atoms with Crippen molar-refractivity contribution in [3.63, 3.8) is 0 Å². The number of likely N-dealkylation sites (N-methyl/N-ethyl adjacent to an activating group) is 1. The summed E-state index contributed by atoms with van der Waals surface area (Å²) in [6.45, 7) is 4.08. The Balaban J connectivity index is 1.79. The Labute approximate surface area is 150 Å². The van der Waals surface area contributed by atoms with Crippen LogP contribution in [0, 0.1) is 6.92 Å². The highest BCUT2D eigenvalue weighted by Gasteiger charge is 2.29. The van der Waals surface area contributed by atoms with E-state index < -0.39 is 9.84 Å². The third kappa shape index (κ3) is 5.75. The van der Waals surface area contributed by atoms with Gasteiger partial charge < -0.3 is 10.2 Å². The lowest BCUT2D eigenvalue weighted by Crippen LogP contribution is -2.45. The van der Waals surface area contributed by atoms with Crippen LogP contribution < -0.4 is 5.32 Å². The van der Waals surface area contributed by atoms with Crippen LogP contribution in [0.5, 0.6) is 0 Å². The number of thiazole rings is 1. The Morgan fingerprint density at radius 3 is 2.79 bits per heavy atom. The van der Waals surface area contributed by atoms with Gasteiger partial charge in [-0.2, -0.15) is 0 Å². The summed E-state index contributed by atoms with van der Waals surface area (Å²) in [6.07, 6.45) is 0.438. The van der Waals surface area contributed by atoms with Crippen molar-refractivity contribution < 1.29 is 18.0 Å². The lowest BCUT2D eigenvalue weighted by atomic mass is 10.2. The lowest BCUT2D eigenvalue weighted by molar-refractivity contribution is -0.134. The van der Waals surface area contributed by atoms with Gasteiger partial charge in [-0.3, -0.25) is 9.59 Å². The number of hydrogen-bond acceptors (Lipinski definition) is 7. The highest BCUT2D eigenvalue weighted by molar-refractivity contribution is 8.01. The molecule has 0 spiro atoms. The quantitative estimate of drug-likeness (QED) is 0.687. The van der Waals surface area contributed by atoms with E-state index in [1.807, 2.05) is 19.2 Å². The molecular weight excluding hydrogens is 370 g/mol. The summed E-state index contributed by atoms with van der Waals surface area (Å²) in [5, 5.41) is 4.63. The van der Waals surface area contributed by atoms with Gasteiger partial charge in [0.05, 0.1) is 23.8 Å². The molecule has 2 amide bonds. The minimum absolute atomic E-state index is 0.0158. The van der Waals surface area contributed by atoms with E-state index in [0.29, 0.717) is 13.0 Å². The number of nitrogens with zero attached hydrogens (tertiary/aromatic N) is 2. The second-order valence-electron chi connectivity index (χ2n) is 5.62. The summed E-state index contributed by atoms with van der Waals surface area (Å²) < 4.78 is 23.6. The van der Waals surface area contributed by atoms with Crippen LogP contribution in [0.25, 0.3) is 0 Å². The SMILES string of the molecule is CCN(CC(=O)N[C@@H]1CCS(=O)(=O)C1)C(=O)CSc1nc(C)cs1. The first-order valence-electron chi connectivity index (χ1n) is 7.61. The maximum absolute atomic E-state index is 12.2. The maximum Gasteiger partial charge on any atom is 0.239 e. The van der Waals surface area contributed by atoms with E-state index in [1.54, 1.807) is 0 Å². The fraction of sp³-hybridized carbons (Fsp3) is 0.643. The molecule has 1 atom stereocenters. The number of carbonyl (C=O) groups is 2. The van der Waals surface area contributed by atoms with Crippen molar-refractivity contribution >= 4 is 44.8 Å². The number of aryl methyl sites for hydroxylation is 1. The van der Waals surface area contributed by atoms with E-state index in [0.717, 1.165) is 10.0 Å². The van der Waals surface area contributed by atoms with Gasteiger partial charge >= 0.3 is 0 Å². The van der Waals surface area contributed by atoms with Gasteiger partial charge in [-0.1, -0.05) is 11.8 Å². The van der Waals surface area contributed by atoms with Crippen LogP contribution in [-0.2, 0) is 19.4 Å². The average molecular weight is 392 g/mol. The Kier molecular flexibility index (Phi) is 6.64. The van der Waals surface area contributed by atoms with Crippen molar-refractivity contribution in [2.45, 2.75) is 30.6 Å². The molecule has 1 saturated heterocycles. The van der Waals surface area contributed by atoms with Gasteiger partial charge in [-0.25, -0.2) is 13.4 Å². The molecule has 0 radical (unpaired) electrons. The molecule has 1 aromatic rings. The average Bonchev–Trinajstić information content (AvgIpc) is 3.07. The molecule has 1 N–H and O–H groups in total. The van der Waals surface area contributed by atoms with Crippen molar-refractivity contribution in [2.75, 3.05) is 30.3 Å². The number of carbonyl (C=O) groups excluding carboxylic acids is 2. The van der Waals surface area contributed by atoms with Gasteiger partial charge in [0.25, 0.3) is 0 Å². The van der Waals surface area contributed by atoms with Crippen molar-refractivity contribution in [3.8, 4) is 0 Å². The van der Waals surface area contributed by atoms with Gasteiger partial charge in [0.15, 0.2) is 14.2 Å². The molecule has 7 nitrogen and oxygen atoms in total. The molecule has 1 aliphatic heterocycles. The van der Waals surface area contributed by atoms with E-state index in [1.165, 1.54) is 28.0 Å². The Morgan fingerprint density at radius 1 is 1.50 bits per heavy atom. The minimum Gasteiger partial charge on any atom is -0.351 e. The zero-order valence-corrected chi connectivity index (χ0v) is 16.1. The lowest BCUT2D eigenvalue weighted by Gasteiger charge is -2.21. The summed E-state index contributed by atoms with van der Waals surface area (Å²) in [5.41, 5.74) is 0.924. The van der Waals surface area contributed by atoms with E-state index in [-0.39, 0.29) is 41.7 Å². The molecular formula is C14H21N3O4S3. The summed E-state index contributed by atoms with van der Waals surface area (Å²) in [4.78, 5) is 30.0.